The predicted molar refractivity (Wildman–Crippen MR) is 144 cm³/mol. The minimum absolute atomic E-state index is 0.0518. The molecule has 0 radical (unpaired) electrons. The first-order valence-corrected chi connectivity index (χ1v) is 13.9. The van der Waals surface area contributed by atoms with Crippen molar-refractivity contribution < 1.29 is 10.2 Å². The quantitative estimate of drug-likeness (QED) is 0.588. The molecule has 4 nitrogen and oxygen atoms in total. The number of likely N-dealkylation sites (tertiary alicyclic amines) is 2. The van der Waals surface area contributed by atoms with Crippen LogP contribution in [0.1, 0.15) is 87.5 Å². The zero-order chi connectivity index (χ0) is 24.8. The second-order valence-electron chi connectivity index (χ2n) is 11.8. The maximum absolute atomic E-state index is 11.6. The van der Waals surface area contributed by atoms with E-state index in [2.05, 4.69) is 74.1 Å². The molecule has 2 aromatic carbocycles. The van der Waals surface area contributed by atoms with Crippen LogP contribution in [0.15, 0.2) is 36.4 Å². The SMILES string of the molecule is CCCC1(CCC)c2cc(C3(O)CCN(C)CC3)ccc2-c2ccc(C3(O)CCN(C)CC3)cc21. The van der Waals surface area contributed by atoms with Crippen LogP contribution in [0, 0.1) is 0 Å². The highest BCUT2D eigenvalue weighted by atomic mass is 16.3. The van der Waals surface area contributed by atoms with Gasteiger partial charge in [-0.2, -0.15) is 0 Å². The Labute approximate surface area is 212 Å². The number of hydrogen-bond donors (Lipinski definition) is 2. The van der Waals surface area contributed by atoms with Gasteiger partial charge in [-0.1, -0.05) is 63.1 Å². The highest BCUT2D eigenvalue weighted by molar-refractivity contribution is 5.82. The first kappa shape index (κ1) is 25.0. The zero-order valence-corrected chi connectivity index (χ0v) is 22.2. The van der Waals surface area contributed by atoms with Crippen LogP contribution in [0.5, 0.6) is 0 Å². The number of fused-ring (bicyclic) bond motifs is 3. The van der Waals surface area contributed by atoms with Crippen LogP contribution < -0.4 is 0 Å². The molecule has 2 aliphatic heterocycles. The number of nitrogens with zero attached hydrogens (tertiary/aromatic N) is 2. The van der Waals surface area contributed by atoms with Gasteiger partial charge in [0.25, 0.3) is 0 Å². The van der Waals surface area contributed by atoms with Gasteiger partial charge in [0.05, 0.1) is 11.2 Å². The molecule has 0 spiro atoms. The van der Waals surface area contributed by atoms with Crippen LogP contribution in [0.2, 0.25) is 0 Å². The second-order valence-corrected chi connectivity index (χ2v) is 11.8. The number of benzene rings is 2. The molecule has 2 aromatic rings. The lowest BCUT2D eigenvalue weighted by Crippen LogP contribution is -2.41. The molecule has 2 heterocycles. The highest BCUT2D eigenvalue weighted by Gasteiger charge is 2.45. The lowest BCUT2D eigenvalue weighted by atomic mass is 9.69. The Morgan fingerprint density at radius 3 is 1.37 bits per heavy atom. The molecule has 0 bridgehead atoms. The first-order valence-electron chi connectivity index (χ1n) is 13.9. The average molecular weight is 477 g/mol. The van der Waals surface area contributed by atoms with Crippen molar-refractivity contribution in [1.82, 2.24) is 9.80 Å². The van der Waals surface area contributed by atoms with Gasteiger partial charge in [-0.3, -0.25) is 0 Å². The van der Waals surface area contributed by atoms with Crippen molar-refractivity contribution in [2.75, 3.05) is 40.3 Å². The normalized spacial score (nSPS) is 23.1. The van der Waals surface area contributed by atoms with E-state index in [1.165, 1.54) is 22.3 Å². The molecule has 2 fully saturated rings. The van der Waals surface area contributed by atoms with Crippen LogP contribution >= 0.6 is 0 Å². The van der Waals surface area contributed by atoms with Crippen molar-refractivity contribution >= 4 is 0 Å². The Morgan fingerprint density at radius 1 is 0.657 bits per heavy atom. The van der Waals surface area contributed by atoms with Crippen LogP contribution in [0.3, 0.4) is 0 Å². The average Bonchev–Trinajstić information content (AvgIpc) is 3.12. The van der Waals surface area contributed by atoms with Crippen LogP contribution in [0.25, 0.3) is 11.1 Å². The molecule has 2 N–H and O–H groups in total. The van der Waals surface area contributed by atoms with Crippen LogP contribution in [0.4, 0.5) is 0 Å². The van der Waals surface area contributed by atoms with Gasteiger partial charge in [0.2, 0.25) is 0 Å². The third kappa shape index (κ3) is 4.17. The minimum atomic E-state index is -0.741. The van der Waals surface area contributed by atoms with Crippen molar-refractivity contribution in [1.29, 1.82) is 0 Å². The fraction of sp³-hybridized carbons (Fsp3) is 0.613. The summed E-state index contributed by atoms with van der Waals surface area (Å²) < 4.78 is 0. The monoisotopic (exact) mass is 476 g/mol. The van der Waals surface area contributed by atoms with Gasteiger partial charge in [-0.05, 0) is 86.0 Å². The smallest absolute Gasteiger partial charge is 0.0921 e. The Morgan fingerprint density at radius 2 is 1.03 bits per heavy atom. The van der Waals surface area contributed by atoms with Gasteiger partial charge in [0, 0.05) is 31.6 Å². The van der Waals surface area contributed by atoms with E-state index in [0.29, 0.717) is 0 Å². The molecule has 1 aliphatic carbocycles. The van der Waals surface area contributed by atoms with E-state index in [-0.39, 0.29) is 5.41 Å². The van der Waals surface area contributed by atoms with Crippen molar-refractivity contribution in [3.8, 4) is 11.1 Å². The molecule has 0 unspecified atom stereocenters. The summed E-state index contributed by atoms with van der Waals surface area (Å²) in [4.78, 5) is 4.62. The third-order valence-corrected chi connectivity index (χ3v) is 9.42. The molecule has 0 amide bonds. The Hall–Kier alpha value is -1.72. The maximum Gasteiger partial charge on any atom is 0.0921 e. The Balaban J connectivity index is 1.61. The molecule has 3 aliphatic rings. The second kappa shape index (κ2) is 9.30. The molecule has 4 heteroatoms. The van der Waals surface area contributed by atoms with Gasteiger partial charge in [-0.25, -0.2) is 0 Å². The van der Waals surface area contributed by atoms with Gasteiger partial charge >= 0.3 is 0 Å². The lowest BCUT2D eigenvalue weighted by Gasteiger charge is -2.39. The molecule has 5 rings (SSSR count). The summed E-state index contributed by atoms with van der Waals surface area (Å²) in [5.74, 6) is 0. The number of aliphatic hydroxyl groups is 2. The summed E-state index contributed by atoms with van der Waals surface area (Å²) in [7, 11) is 4.28. The standard InChI is InChI=1S/C31H44N2O2/c1-5-11-29(12-6-2)27-21-23(30(34)13-17-32(3)18-14-30)7-9-25(27)26-10-8-24(22-28(26)29)31(35)15-19-33(4)20-16-31/h7-10,21-22,34-35H,5-6,11-20H2,1-4H3. The topological polar surface area (TPSA) is 46.9 Å². The van der Waals surface area contributed by atoms with E-state index in [9.17, 15) is 10.2 Å². The van der Waals surface area contributed by atoms with Crippen molar-refractivity contribution in [3.63, 3.8) is 0 Å². The zero-order valence-electron chi connectivity index (χ0n) is 22.2. The highest BCUT2D eigenvalue weighted by Crippen LogP contribution is 2.55. The third-order valence-electron chi connectivity index (χ3n) is 9.42. The summed E-state index contributed by atoms with van der Waals surface area (Å²) in [6, 6.07) is 13.6. The van der Waals surface area contributed by atoms with E-state index in [0.717, 1.165) is 88.7 Å². The van der Waals surface area contributed by atoms with Gasteiger partial charge in [0.1, 0.15) is 0 Å². The number of hydrogen-bond acceptors (Lipinski definition) is 4. The minimum Gasteiger partial charge on any atom is -0.385 e. The van der Waals surface area contributed by atoms with Gasteiger partial charge < -0.3 is 20.0 Å². The van der Waals surface area contributed by atoms with E-state index >= 15 is 0 Å². The number of piperidine rings is 2. The Kier molecular flexibility index (Phi) is 6.63. The fourth-order valence-electron chi connectivity index (χ4n) is 7.15. The molecular weight excluding hydrogens is 432 g/mol. The largest absolute Gasteiger partial charge is 0.385 e. The molecule has 0 aromatic heterocycles. The first-order chi connectivity index (χ1) is 16.7. The molecular formula is C31H44N2O2. The fourth-order valence-corrected chi connectivity index (χ4v) is 7.15. The van der Waals surface area contributed by atoms with Crippen LogP contribution in [-0.2, 0) is 16.6 Å². The van der Waals surface area contributed by atoms with Gasteiger partial charge in [-0.15, -0.1) is 0 Å². The lowest BCUT2D eigenvalue weighted by molar-refractivity contribution is -0.0205. The molecule has 35 heavy (non-hydrogen) atoms. The van der Waals surface area contributed by atoms with Crippen molar-refractivity contribution in [3.05, 3.63) is 58.7 Å². The van der Waals surface area contributed by atoms with E-state index in [4.69, 9.17) is 0 Å². The van der Waals surface area contributed by atoms with E-state index in [1.54, 1.807) is 0 Å². The summed E-state index contributed by atoms with van der Waals surface area (Å²) in [6.07, 6.45) is 7.55. The molecule has 0 saturated carbocycles. The maximum atomic E-state index is 11.6. The number of rotatable bonds is 6. The van der Waals surface area contributed by atoms with Crippen LogP contribution in [-0.4, -0.2) is 60.3 Å². The predicted octanol–water partition coefficient (Wildman–Crippen LogP) is 5.38. The summed E-state index contributed by atoms with van der Waals surface area (Å²) >= 11 is 0. The van der Waals surface area contributed by atoms with E-state index in [1.807, 2.05) is 0 Å². The van der Waals surface area contributed by atoms with Gasteiger partial charge in [0.15, 0.2) is 0 Å². The molecule has 0 atom stereocenters. The summed E-state index contributed by atoms with van der Waals surface area (Å²) in [6.45, 7) is 8.30. The Bertz CT molecular complexity index is 976. The van der Waals surface area contributed by atoms with Crippen molar-refractivity contribution in [2.24, 2.45) is 0 Å². The summed E-state index contributed by atoms with van der Waals surface area (Å²) in [5.41, 5.74) is 6.08. The van der Waals surface area contributed by atoms with Crippen molar-refractivity contribution in [2.45, 2.75) is 81.8 Å². The summed E-state index contributed by atoms with van der Waals surface area (Å²) in [5, 5.41) is 23.3. The van der Waals surface area contributed by atoms with E-state index < -0.39 is 11.2 Å². The molecule has 2 saturated heterocycles. The molecule has 190 valence electrons.